The lowest BCUT2D eigenvalue weighted by molar-refractivity contribution is 0.589. The molecule has 0 fully saturated rings. The first kappa shape index (κ1) is 28.2. The van der Waals surface area contributed by atoms with Crippen molar-refractivity contribution in [1.82, 2.24) is 0 Å². The minimum Gasteiger partial charge on any atom is -0.204 e. The van der Waals surface area contributed by atoms with Crippen molar-refractivity contribution < 1.29 is 8.78 Å². The van der Waals surface area contributed by atoms with E-state index in [1.165, 1.54) is 0 Å². The third kappa shape index (κ3) is 9.77. The first-order chi connectivity index (χ1) is 14.2. The van der Waals surface area contributed by atoms with Gasteiger partial charge >= 0.3 is 0 Å². The van der Waals surface area contributed by atoms with Gasteiger partial charge in [-0.25, -0.2) is 8.78 Å². The van der Waals surface area contributed by atoms with Crippen LogP contribution in [0.4, 0.5) is 8.78 Å². The highest BCUT2D eigenvalue weighted by Crippen LogP contribution is 2.26. The van der Waals surface area contributed by atoms with Crippen LogP contribution in [0.3, 0.4) is 0 Å². The molecule has 170 valence electrons. The molecule has 0 saturated heterocycles. The molecule has 0 amide bonds. The predicted molar refractivity (Wildman–Crippen MR) is 147 cm³/mol. The quantitative estimate of drug-likeness (QED) is 0.270. The van der Waals surface area contributed by atoms with Gasteiger partial charge in [0.15, 0.2) is 11.6 Å². The lowest BCUT2D eigenvalue weighted by atomic mass is 9.97. The van der Waals surface area contributed by atoms with Crippen LogP contribution >= 0.6 is 0 Å². The Hall–Kier alpha value is -1.81. The normalized spacial score (nSPS) is 11.7. The van der Waals surface area contributed by atoms with Gasteiger partial charge in [0, 0.05) is 0 Å². The molecule has 1 aromatic carbocycles. The van der Waals surface area contributed by atoms with E-state index in [1.54, 1.807) is 0 Å². The molecule has 0 bridgehead atoms. The van der Waals surface area contributed by atoms with Gasteiger partial charge in [-0.1, -0.05) is 102 Å². The van der Waals surface area contributed by atoms with Gasteiger partial charge in [0.25, 0.3) is 0 Å². The first-order valence-electron chi connectivity index (χ1n) is 10.9. The van der Waals surface area contributed by atoms with Crippen LogP contribution in [0.25, 0.3) is 0 Å². The second kappa shape index (κ2) is 9.99. The van der Waals surface area contributed by atoms with Crippen LogP contribution in [0, 0.1) is 57.5 Å². The molecule has 0 atom stereocenters. The summed E-state index contributed by atoms with van der Waals surface area (Å²) < 4.78 is 31.8. The molecule has 0 aromatic heterocycles. The molecule has 0 aliphatic rings. The second-order valence-electron chi connectivity index (χ2n) is 12.1. The minimum atomic E-state index is -1.82. The maximum Gasteiger partial charge on any atom is 0.157 e. The molecule has 0 aliphatic heterocycles. The Morgan fingerprint density at radius 2 is 0.531 bits per heavy atom. The zero-order valence-corrected chi connectivity index (χ0v) is 25.8. The standard InChI is InChI=1S/C26H36F2Si4/c1-29(2,3)17-13-21-22(14-18-30(4,5)6)26(28)24(16-20-32(10,11)12)23(25(21)27)15-19-31(7,8)9/h1-12H3. The van der Waals surface area contributed by atoms with E-state index in [1.807, 2.05) is 0 Å². The van der Waals surface area contributed by atoms with Crippen molar-refractivity contribution in [3.8, 4) is 45.9 Å². The second-order valence-corrected chi connectivity index (χ2v) is 31.1. The molecule has 0 saturated carbocycles. The monoisotopic (exact) mass is 498 g/mol. The average Bonchev–Trinajstić information content (AvgIpc) is 2.55. The van der Waals surface area contributed by atoms with E-state index in [4.69, 9.17) is 0 Å². The van der Waals surface area contributed by atoms with Crippen molar-refractivity contribution in [2.45, 2.75) is 78.6 Å². The molecule has 0 N–H and O–H groups in total. The molecule has 0 heterocycles. The summed E-state index contributed by atoms with van der Waals surface area (Å²) in [6, 6.07) is 0. The SMILES string of the molecule is C[Si](C)(C)C#Cc1c(F)c(C#C[Si](C)(C)C)c(C#C[Si](C)(C)C)c(F)c1C#C[Si](C)(C)C. The van der Waals surface area contributed by atoms with Crippen LogP contribution in [-0.4, -0.2) is 32.3 Å². The van der Waals surface area contributed by atoms with Crippen molar-refractivity contribution >= 4 is 32.3 Å². The topological polar surface area (TPSA) is 0 Å². The number of benzene rings is 1. The lowest BCUT2D eigenvalue weighted by Crippen LogP contribution is -2.18. The average molecular weight is 499 g/mol. The molecule has 1 aromatic rings. The van der Waals surface area contributed by atoms with Crippen LogP contribution < -0.4 is 0 Å². The summed E-state index contributed by atoms with van der Waals surface area (Å²) in [6.45, 7) is 24.9. The first-order valence-corrected chi connectivity index (χ1v) is 24.9. The van der Waals surface area contributed by atoms with Crippen LogP contribution in [0.15, 0.2) is 0 Å². The van der Waals surface area contributed by atoms with Crippen molar-refractivity contribution in [3.05, 3.63) is 33.9 Å². The van der Waals surface area contributed by atoms with Gasteiger partial charge < -0.3 is 0 Å². The van der Waals surface area contributed by atoms with Crippen LogP contribution in [0.2, 0.25) is 78.6 Å². The van der Waals surface area contributed by atoms with E-state index in [2.05, 4.69) is 124 Å². The fourth-order valence-corrected chi connectivity index (χ4v) is 4.16. The Bertz CT molecular complexity index is 956. The van der Waals surface area contributed by atoms with Crippen molar-refractivity contribution in [1.29, 1.82) is 0 Å². The number of rotatable bonds is 0. The Morgan fingerprint density at radius 1 is 0.375 bits per heavy atom. The van der Waals surface area contributed by atoms with Gasteiger partial charge in [-0.3, -0.25) is 0 Å². The lowest BCUT2D eigenvalue weighted by Gasteiger charge is -2.12. The molecular weight excluding hydrogens is 463 g/mol. The van der Waals surface area contributed by atoms with Crippen LogP contribution in [0.1, 0.15) is 22.3 Å². The van der Waals surface area contributed by atoms with Gasteiger partial charge in [-0.15, -0.1) is 22.2 Å². The van der Waals surface area contributed by atoms with Gasteiger partial charge in [-0.2, -0.15) is 0 Å². The summed E-state index contributed by atoms with van der Waals surface area (Å²) in [5.41, 5.74) is 12.8. The van der Waals surface area contributed by atoms with Crippen LogP contribution in [0.5, 0.6) is 0 Å². The third-order valence-electron chi connectivity index (χ3n) is 3.63. The minimum absolute atomic E-state index is 0.0223. The molecule has 6 heteroatoms. The van der Waals surface area contributed by atoms with Gasteiger partial charge in [0.2, 0.25) is 0 Å². The molecule has 0 aliphatic carbocycles. The van der Waals surface area contributed by atoms with Crippen molar-refractivity contribution in [2.24, 2.45) is 0 Å². The molecular formula is C26H36F2Si4. The Kier molecular flexibility index (Phi) is 8.81. The Balaban J connectivity index is 4.21. The molecule has 1 rings (SSSR count). The van der Waals surface area contributed by atoms with Crippen molar-refractivity contribution in [3.63, 3.8) is 0 Å². The Labute approximate surface area is 199 Å². The summed E-state index contributed by atoms with van der Waals surface area (Å²) in [7, 11) is -7.29. The number of hydrogen-bond acceptors (Lipinski definition) is 0. The zero-order chi connectivity index (χ0) is 25.1. The van der Waals surface area contributed by atoms with E-state index in [0.29, 0.717) is 0 Å². The van der Waals surface area contributed by atoms with Crippen LogP contribution in [-0.2, 0) is 0 Å². The summed E-state index contributed by atoms with van der Waals surface area (Å²) >= 11 is 0. The maximum absolute atomic E-state index is 15.9. The number of halogens is 2. The molecule has 32 heavy (non-hydrogen) atoms. The fraction of sp³-hybridized carbons (Fsp3) is 0.462. The fourth-order valence-electron chi connectivity index (χ4n) is 2.16. The smallest absolute Gasteiger partial charge is 0.157 e. The summed E-state index contributed by atoms with van der Waals surface area (Å²) in [4.78, 5) is 0. The van der Waals surface area contributed by atoms with E-state index in [0.717, 1.165) is 0 Å². The summed E-state index contributed by atoms with van der Waals surface area (Å²) in [5.74, 6) is 10.6. The molecule has 0 nitrogen and oxygen atoms in total. The highest BCUT2D eigenvalue weighted by molar-refractivity contribution is 6.85. The highest BCUT2D eigenvalue weighted by atomic mass is 28.3. The molecule has 0 spiro atoms. The van der Waals surface area contributed by atoms with E-state index < -0.39 is 43.9 Å². The summed E-state index contributed by atoms with van der Waals surface area (Å²) in [6.07, 6.45) is 0. The van der Waals surface area contributed by atoms with E-state index >= 15 is 8.78 Å². The van der Waals surface area contributed by atoms with E-state index in [-0.39, 0.29) is 22.3 Å². The highest BCUT2D eigenvalue weighted by Gasteiger charge is 2.23. The largest absolute Gasteiger partial charge is 0.204 e. The van der Waals surface area contributed by atoms with Crippen molar-refractivity contribution in [2.75, 3.05) is 0 Å². The molecule has 0 unspecified atom stereocenters. The summed E-state index contributed by atoms with van der Waals surface area (Å²) in [5, 5.41) is 0. The van der Waals surface area contributed by atoms with Gasteiger partial charge in [0.05, 0.1) is 22.3 Å². The molecule has 0 radical (unpaired) electrons. The third-order valence-corrected chi connectivity index (χ3v) is 7.13. The zero-order valence-electron chi connectivity index (χ0n) is 21.8. The predicted octanol–water partition coefficient (Wildman–Crippen LogP) is 6.88. The number of hydrogen-bond donors (Lipinski definition) is 0. The Morgan fingerprint density at radius 3 is 0.656 bits per heavy atom. The maximum atomic E-state index is 15.9. The van der Waals surface area contributed by atoms with Gasteiger partial charge in [-0.05, 0) is 0 Å². The van der Waals surface area contributed by atoms with Gasteiger partial charge in [0.1, 0.15) is 32.3 Å². The van der Waals surface area contributed by atoms with E-state index in [9.17, 15) is 0 Å².